The smallest absolute Gasteiger partial charge is 0.259 e. The average molecular weight is 346 g/mol. The summed E-state index contributed by atoms with van der Waals surface area (Å²) in [4.78, 5) is 15.1. The number of anilines is 2. The maximum Gasteiger partial charge on any atom is 0.259 e. The van der Waals surface area contributed by atoms with E-state index >= 15 is 0 Å². The van der Waals surface area contributed by atoms with Crippen molar-refractivity contribution in [1.82, 2.24) is 10.2 Å². The molecule has 1 saturated heterocycles. The van der Waals surface area contributed by atoms with Crippen molar-refractivity contribution in [2.24, 2.45) is 0 Å². The van der Waals surface area contributed by atoms with Gasteiger partial charge in [-0.3, -0.25) is 9.89 Å². The van der Waals surface area contributed by atoms with Crippen LogP contribution >= 0.6 is 0 Å². The summed E-state index contributed by atoms with van der Waals surface area (Å²) in [7, 11) is 0. The molecule has 4 rings (SSSR count). The largest absolute Gasteiger partial charge is 0.372 e. The van der Waals surface area contributed by atoms with Crippen LogP contribution in [0.1, 0.15) is 29.6 Å². The summed E-state index contributed by atoms with van der Waals surface area (Å²) in [6.07, 6.45) is 5.39. The molecule has 0 spiro atoms. The topological polar surface area (TPSA) is 61.0 Å². The van der Waals surface area contributed by atoms with Crippen molar-refractivity contribution in [3.05, 3.63) is 66.4 Å². The molecule has 0 saturated carbocycles. The highest BCUT2D eigenvalue weighted by atomic mass is 16.1. The van der Waals surface area contributed by atoms with Crippen LogP contribution in [0, 0.1) is 0 Å². The first kappa shape index (κ1) is 16.4. The van der Waals surface area contributed by atoms with Gasteiger partial charge in [0.15, 0.2) is 0 Å². The number of H-pyrrole nitrogens is 1. The Balaban J connectivity index is 1.48. The number of amides is 1. The maximum absolute atomic E-state index is 12.7. The van der Waals surface area contributed by atoms with Crippen molar-refractivity contribution in [1.29, 1.82) is 0 Å². The van der Waals surface area contributed by atoms with Crippen LogP contribution in [0.25, 0.3) is 11.3 Å². The van der Waals surface area contributed by atoms with Crippen molar-refractivity contribution >= 4 is 17.3 Å². The Bertz CT molecular complexity index is 865. The first-order chi connectivity index (χ1) is 12.8. The molecule has 0 aliphatic carbocycles. The van der Waals surface area contributed by atoms with E-state index < -0.39 is 0 Å². The quantitative estimate of drug-likeness (QED) is 0.739. The molecular formula is C21H22N4O. The molecule has 5 heteroatoms. The molecule has 1 aliphatic heterocycles. The zero-order valence-corrected chi connectivity index (χ0v) is 14.6. The summed E-state index contributed by atoms with van der Waals surface area (Å²) in [5, 5.41) is 9.93. The minimum Gasteiger partial charge on any atom is -0.372 e. The van der Waals surface area contributed by atoms with Gasteiger partial charge >= 0.3 is 0 Å². The molecule has 0 atom stereocenters. The molecule has 1 aromatic heterocycles. The summed E-state index contributed by atoms with van der Waals surface area (Å²) < 4.78 is 0. The minimum atomic E-state index is -0.164. The van der Waals surface area contributed by atoms with Crippen molar-refractivity contribution in [2.75, 3.05) is 23.3 Å². The van der Waals surface area contributed by atoms with Gasteiger partial charge in [0, 0.05) is 30.0 Å². The number of aromatic amines is 1. The summed E-state index contributed by atoms with van der Waals surface area (Å²) in [6, 6.07) is 17.8. The molecule has 5 nitrogen and oxygen atoms in total. The Morgan fingerprint density at radius 1 is 0.962 bits per heavy atom. The highest BCUT2D eigenvalue weighted by Crippen LogP contribution is 2.24. The fraction of sp³-hybridized carbons (Fsp3) is 0.238. The summed E-state index contributed by atoms with van der Waals surface area (Å²) in [5.41, 5.74) is 4.21. The highest BCUT2D eigenvalue weighted by Gasteiger charge is 2.16. The van der Waals surface area contributed by atoms with Gasteiger partial charge in [0.05, 0.1) is 17.5 Å². The molecule has 1 amide bonds. The van der Waals surface area contributed by atoms with Gasteiger partial charge in [-0.25, -0.2) is 0 Å². The molecule has 1 fully saturated rings. The summed E-state index contributed by atoms with van der Waals surface area (Å²) in [6.45, 7) is 2.22. The van der Waals surface area contributed by atoms with E-state index in [0.29, 0.717) is 5.56 Å². The molecule has 132 valence electrons. The number of rotatable bonds is 4. The lowest BCUT2D eigenvalue weighted by molar-refractivity contribution is 0.102. The lowest BCUT2D eigenvalue weighted by atomic mass is 10.1. The number of hydrogen-bond donors (Lipinski definition) is 2. The van der Waals surface area contributed by atoms with Crippen LogP contribution in [0.5, 0.6) is 0 Å². The fourth-order valence-corrected chi connectivity index (χ4v) is 3.39. The molecule has 0 bridgehead atoms. The summed E-state index contributed by atoms with van der Waals surface area (Å²) >= 11 is 0. The zero-order valence-electron chi connectivity index (χ0n) is 14.6. The van der Waals surface area contributed by atoms with Gasteiger partial charge in [0.25, 0.3) is 5.91 Å². The van der Waals surface area contributed by atoms with Crippen LogP contribution < -0.4 is 10.2 Å². The van der Waals surface area contributed by atoms with Crippen molar-refractivity contribution in [3.8, 4) is 11.3 Å². The SMILES string of the molecule is O=C(Nc1ccc(N2CCCCC2)cc1)c1cn[nH]c1-c1ccccc1. The lowest BCUT2D eigenvalue weighted by Gasteiger charge is -2.28. The standard InChI is InChI=1S/C21H22N4O/c26-21(19-15-22-24-20(19)16-7-3-1-4-8-16)23-17-9-11-18(12-10-17)25-13-5-2-6-14-25/h1,3-4,7-12,15H,2,5-6,13-14H2,(H,22,24)(H,23,26). The van der Waals surface area contributed by atoms with Crippen LogP contribution in [-0.2, 0) is 0 Å². The summed E-state index contributed by atoms with van der Waals surface area (Å²) in [5.74, 6) is -0.164. The van der Waals surface area contributed by atoms with Crippen molar-refractivity contribution < 1.29 is 4.79 Å². The fourth-order valence-electron chi connectivity index (χ4n) is 3.39. The predicted molar refractivity (Wildman–Crippen MR) is 104 cm³/mol. The Labute approximate surface area is 153 Å². The molecule has 0 radical (unpaired) electrons. The van der Waals surface area contributed by atoms with E-state index in [-0.39, 0.29) is 5.91 Å². The number of hydrogen-bond acceptors (Lipinski definition) is 3. The Morgan fingerprint density at radius 3 is 2.42 bits per heavy atom. The second-order valence-corrected chi connectivity index (χ2v) is 6.57. The maximum atomic E-state index is 12.7. The number of carbonyl (C=O) groups is 1. The first-order valence-corrected chi connectivity index (χ1v) is 9.06. The van der Waals surface area contributed by atoms with E-state index in [1.165, 1.54) is 24.9 Å². The molecule has 0 unspecified atom stereocenters. The number of aromatic nitrogens is 2. The number of benzene rings is 2. The Kier molecular flexibility index (Phi) is 4.69. The van der Waals surface area contributed by atoms with E-state index in [0.717, 1.165) is 30.0 Å². The van der Waals surface area contributed by atoms with Crippen molar-refractivity contribution in [2.45, 2.75) is 19.3 Å². The van der Waals surface area contributed by atoms with Gasteiger partial charge in [0.1, 0.15) is 0 Å². The van der Waals surface area contributed by atoms with Crippen molar-refractivity contribution in [3.63, 3.8) is 0 Å². The van der Waals surface area contributed by atoms with Crippen LogP contribution in [-0.4, -0.2) is 29.2 Å². The highest BCUT2D eigenvalue weighted by molar-refractivity contribution is 6.08. The van der Waals surface area contributed by atoms with E-state index in [4.69, 9.17) is 0 Å². The second kappa shape index (κ2) is 7.44. The third kappa shape index (κ3) is 3.47. The molecule has 2 aromatic carbocycles. The number of carbonyl (C=O) groups excluding carboxylic acids is 1. The van der Waals surface area contributed by atoms with Crippen LogP contribution in [0.15, 0.2) is 60.8 Å². The molecule has 2 heterocycles. The first-order valence-electron chi connectivity index (χ1n) is 9.06. The third-order valence-electron chi connectivity index (χ3n) is 4.79. The predicted octanol–water partition coefficient (Wildman–Crippen LogP) is 4.32. The van der Waals surface area contributed by atoms with Gasteiger partial charge in [-0.05, 0) is 43.5 Å². The van der Waals surface area contributed by atoms with E-state index in [1.54, 1.807) is 6.20 Å². The van der Waals surface area contributed by atoms with E-state index in [1.807, 2.05) is 42.5 Å². The van der Waals surface area contributed by atoms with Gasteiger partial charge in [-0.2, -0.15) is 5.10 Å². The molecular weight excluding hydrogens is 324 g/mol. The zero-order chi connectivity index (χ0) is 17.8. The lowest BCUT2D eigenvalue weighted by Crippen LogP contribution is -2.29. The Morgan fingerprint density at radius 2 is 1.69 bits per heavy atom. The molecule has 1 aliphatic rings. The van der Waals surface area contributed by atoms with Gasteiger partial charge in [-0.1, -0.05) is 30.3 Å². The second-order valence-electron chi connectivity index (χ2n) is 6.57. The number of nitrogens with one attached hydrogen (secondary N) is 2. The number of piperidine rings is 1. The minimum absolute atomic E-state index is 0.164. The van der Waals surface area contributed by atoms with E-state index in [9.17, 15) is 4.79 Å². The monoisotopic (exact) mass is 346 g/mol. The van der Waals surface area contributed by atoms with Gasteiger partial charge < -0.3 is 10.2 Å². The van der Waals surface area contributed by atoms with Crippen LogP contribution in [0.3, 0.4) is 0 Å². The van der Waals surface area contributed by atoms with E-state index in [2.05, 4.69) is 32.5 Å². The van der Waals surface area contributed by atoms with Gasteiger partial charge in [0.2, 0.25) is 0 Å². The normalized spacial score (nSPS) is 14.2. The third-order valence-corrected chi connectivity index (χ3v) is 4.79. The molecule has 26 heavy (non-hydrogen) atoms. The number of nitrogens with zero attached hydrogens (tertiary/aromatic N) is 2. The molecule has 2 N–H and O–H groups in total. The van der Waals surface area contributed by atoms with Crippen LogP contribution in [0.4, 0.5) is 11.4 Å². The van der Waals surface area contributed by atoms with Crippen LogP contribution in [0.2, 0.25) is 0 Å². The average Bonchev–Trinajstić information content (AvgIpc) is 3.20. The van der Waals surface area contributed by atoms with Gasteiger partial charge in [-0.15, -0.1) is 0 Å². The molecule has 3 aromatic rings. The Hall–Kier alpha value is -3.08.